The van der Waals surface area contributed by atoms with Crippen molar-refractivity contribution in [3.05, 3.63) is 71.5 Å². The molecular formula is C60H108N4O5S. The lowest BCUT2D eigenvalue weighted by molar-refractivity contribution is -0.138. The maximum Gasteiger partial charge on any atom is 0.254 e. The second kappa shape index (κ2) is 35.7. The highest BCUT2D eigenvalue weighted by molar-refractivity contribution is 8.06. The number of Topliss-reactive ketones (excluding diaryl/α,β-unsaturated/α-hetero) is 1. The van der Waals surface area contributed by atoms with Gasteiger partial charge in [0, 0.05) is 72.2 Å². The summed E-state index contributed by atoms with van der Waals surface area (Å²) in [5, 5.41) is 1.02. The lowest BCUT2D eigenvalue weighted by Gasteiger charge is -2.17. The molecule has 0 saturated carbocycles. The van der Waals surface area contributed by atoms with Crippen molar-refractivity contribution in [2.45, 2.75) is 202 Å². The van der Waals surface area contributed by atoms with Gasteiger partial charge in [-0.3, -0.25) is 29.1 Å². The largest absolute Gasteiger partial charge is 0.373 e. The zero-order valence-electron chi connectivity index (χ0n) is 49.9. The number of amides is 3. The number of imide groups is 1. The van der Waals surface area contributed by atoms with E-state index in [2.05, 4.69) is 159 Å². The predicted octanol–water partition coefficient (Wildman–Crippen LogP) is 14.5. The van der Waals surface area contributed by atoms with E-state index in [1.165, 1.54) is 46.9 Å². The number of ketones is 1. The van der Waals surface area contributed by atoms with Crippen LogP contribution >= 0.6 is 11.8 Å². The molecule has 0 aliphatic carbocycles. The van der Waals surface area contributed by atoms with Crippen molar-refractivity contribution < 1.29 is 23.9 Å². The SMILES string of the molecule is C=C(C)CC(C)C.C=C1C=C(C(C)C)C(=O)N1C.CC(C)C1(C)C=N1.CC(C)C1CN1C.CC(C)C1CO1.CC(C)C1CS1.CC(C)N1C(=O)C=CC1=O.CC=C(C)C(=O)C(C)C.CC=C(C)C(C)C. The Kier molecular flexibility index (Phi) is 36.2. The molecule has 0 radical (unpaired) electrons. The van der Waals surface area contributed by atoms with Crippen molar-refractivity contribution in [3.8, 4) is 0 Å². The molecule has 9 nitrogen and oxygen atoms in total. The molecule has 0 aromatic heterocycles. The first kappa shape index (κ1) is 70.9. The number of hydrogen-bond donors (Lipinski definition) is 0. The molecule has 3 fully saturated rings. The normalized spacial score (nSPS) is 22.3. The molecule has 6 aliphatic rings. The smallest absolute Gasteiger partial charge is 0.254 e. The number of thioether (sulfide) groups is 1. The van der Waals surface area contributed by atoms with Gasteiger partial charge in [0.05, 0.1) is 18.2 Å². The fourth-order valence-corrected chi connectivity index (χ4v) is 6.75. The molecule has 5 unspecified atom stereocenters. The monoisotopic (exact) mass is 997 g/mol. The minimum atomic E-state index is -0.208. The Morgan fingerprint density at radius 1 is 0.814 bits per heavy atom. The van der Waals surface area contributed by atoms with Crippen LogP contribution in [-0.2, 0) is 23.9 Å². The van der Waals surface area contributed by atoms with E-state index in [9.17, 15) is 19.2 Å². The average molecular weight is 998 g/mol. The average Bonchev–Trinajstić information content (AvgIpc) is 4.05. The van der Waals surface area contributed by atoms with Crippen molar-refractivity contribution in [1.82, 2.24) is 14.7 Å². The van der Waals surface area contributed by atoms with Crippen LogP contribution in [0, 0.1) is 47.3 Å². The van der Waals surface area contributed by atoms with Gasteiger partial charge in [0.2, 0.25) is 0 Å². The second-order valence-corrected chi connectivity index (χ2v) is 23.7. The van der Waals surface area contributed by atoms with Gasteiger partial charge in [-0.25, -0.2) is 0 Å². The lowest BCUT2D eigenvalue weighted by atomic mass is 9.97. The van der Waals surface area contributed by atoms with Crippen molar-refractivity contribution in [1.29, 1.82) is 0 Å². The van der Waals surface area contributed by atoms with Crippen molar-refractivity contribution in [2.24, 2.45) is 52.3 Å². The third-order valence-corrected chi connectivity index (χ3v) is 13.6. The molecule has 0 aromatic carbocycles. The van der Waals surface area contributed by atoms with E-state index in [-0.39, 0.29) is 41.0 Å². The van der Waals surface area contributed by atoms with Crippen LogP contribution in [-0.4, -0.2) is 106 Å². The maximum atomic E-state index is 11.4. The van der Waals surface area contributed by atoms with Crippen molar-refractivity contribution in [3.63, 3.8) is 0 Å². The number of allylic oxidation sites excluding steroid dienone is 6. The molecular weight excluding hydrogens is 889 g/mol. The van der Waals surface area contributed by atoms with Crippen LogP contribution in [0.5, 0.6) is 0 Å². The summed E-state index contributed by atoms with van der Waals surface area (Å²) in [5.74, 6) is 6.49. The topological polar surface area (TPSA) is 103 Å². The number of likely N-dealkylation sites (N-methyl/N-ethyl adjacent to an activating group) is 2. The standard InChI is InChI=1S/C9H13NO.C8H14O.C7H9NO2.2C7H14.C6H13N.C6H11N.C5H10O.C5H10S/c1-6(2)8-5-7(3)10(4)9(8)11;1-5-7(4)8(9)6(2)3;1-5(2)8-6(9)3-4-7(8)10;1-6(2)5-7(3)4;1-5-7(4)6(2)3;1-5(2)6-4-7(6)3;1-5(2)6(3)4-7-6;2*1-4(2)5-3-6-5/h5-6H,3H2,1-2,4H3;5-6H,1-4H3;3-5H,1-2H3;7H,1,5H2,2-4H3;5-6H,1-4H3;5-6H,4H2,1-3H3;4-5H,1-3H3;2*4-5H,3H2,1-2H3. The number of epoxide rings is 1. The molecule has 404 valence electrons. The minimum Gasteiger partial charge on any atom is -0.373 e. The van der Waals surface area contributed by atoms with Crippen LogP contribution in [0.15, 0.2) is 76.5 Å². The van der Waals surface area contributed by atoms with Crippen LogP contribution in [0.25, 0.3) is 0 Å². The first-order valence-electron chi connectivity index (χ1n) is 26.2. The summed E-state index contributed by atoms with van der Waals surface area (Å²) >= 11 is 2.08. The molecule has 6 aliphatic heterocycles. The molecule has 10 heteroatoms. The maximum absolute atomic E-state index is 11.4. The first-order valence-corrected chi connectivity index (χ1v) is 27.3. The van der Waals surface area contributed by atoms with Crippen molar-refractivity contribution >= 4 is 41.5 Å². The summed E-state index contributed by atoms with van der Waals surface area (Å²) in [5.41, 5.74) is 5.52. The van der Waals surface area contributed by atoms with Crippen molar-refractivity contribution in [2.75, 3.05) is 33.0 Å². The fourth-order valence-electron chi connectivity index (χ4n) is 5.87. The van der Waals surface area contributed by atoms with Gasteiger partial charge >= 0.3 is 0 Å². The molecule has 6 heterocycles. The summed E-state index contributed by atoms with van der Waals surface area (Å²) in [6.07, 6.45) is 12.2. The van der Waals surface area contributed by atoms with Gasteiger partial charge in [-0.05, 0) is 122 Å². The number of carbonyl (C=O) groups is 4. The fraction of sp³-hybridized carbons (Fsp3) is 0.717. The second-order valence-electron chi connectivity index (χ2n) is 22.4. The van der Waals surface area contributed by atoms with E-state index in [1.54, 1.807) is 11.9 Å². The number of aliphatic imine (C=N–C) groups is 1. The molecule has 0 N–H and O–H groups in total. The number of ether oxygens (including phenoxy) is 1. The Hall–Kier alpha value is -3.34. The molecule has 0 bridgehead atoms. The number of hydrogen-bond acceptors (Lipinski definition) is 8. The van der Waals surface area contributed by atoms with Crippen LogP contribution < -0.4 is 0 Å². The highest BCUT2D eigenvalue weighted by Gasteiger charge is 2.34. The summed E-state index contributed by atoms with van der Waals surface area (Å²) < 4.78 is 4.97. The van der Waals surface area contributed by atoms with Gasteiger partial charge < -0.3 is 14.5 Å². The van der Waals surface area contributed by atoms with Crippen LogP contribution in [0.3, 0.4) is 0 Å². The van der Waals surface area contributed by atoms with Gasteiger partial charge in [-0.15, -0.1) is 6.58 Å². The molecule has 0 spiro atoms. The quantitative estimate of drug-likeness (QED) is 0.0879. The third kappa shape index (κ3) is 33.3. The van der Waals surface area contributed by atoms with Gasteiger partial charge in [-0.2, -0.15) is 11.8 Å². The Morgan fingerprint density at radius 3 is 1.34 bits per heavy atom. The predicted molar refractivity (Wildman–Crippen MR) is 307 cm³/mol. The van der Waals surface area contributed by atoms with E-state index in [1.807, 2.05) is 73.8 Å². The Balaban J connectivity index is -0.000000727. The number of rotatable bonds is 11. The van der Waals surface area contributed by atoms with E-state index in [0.29, 0.717) is 17.9 Å². The summed E-state index contributed by atoms with van der Waals surface area (Å²) in [4.78, 5) is 53.3. The van der Waals surface area contributed by atoms with E-state index in [0.717, 1.165) is 64.3 Å². The molecule has 5 atom stereocenters. The van der Waals surface area contributed by atoms with Gasteiger partial charge in [0.25, 0.3) is 17.7 Å². The number of carbonyl (C=O) groups excluding carboxylic acids is 4. The minimum absolute atomic E-state index is 0.0324. The lowest BCUT2D eigenvalue weighted by Crippen LogP contribution is -2.36. The Morgan fingerprint density at radius 2 is 1.27 bits per heavy atom. The van der Waals surface area contributed by atoms with Gasteiger partial charge in [0.15, 0.2) is 5.78 Å². The molecule has 3 saturated heterocycles. The number of nitrogens with zero attached hydrogens (tertiary/aromatic N) is 4. The molecule has 0 aromatic rings. The zero-order valence-corrected chi connectivity index (χ0v) is 50.7. The zero-order chi connectivity index (χ0) is 55.5. The first-order chi connectivity index (χ1) is 32.0. The van der Waals surface area contributed by atoms with Crippen LogP contribution in [0.1, 0.15) is 173 Å². The Labute approximate surface area is 436 Å². The highest BCUT2D eigenvalue weighted by Crippen LogP contribution is 2.36. The Bertz CT molecular complexity index is 1710. The molecule has 70 heavy (non-hydrogen) atoms. The summed E-state index contributed by atoms with van der Waals surface area (Å²) in [7, 11) is 3.92. The van der Waals surface area contributed by atoms with Crippen LogP contribution in [0.4, 0.5) is 0 Å². The van der Waals surface area contributed by atoms with Crippen LogP contribution in [0.2, 0.25) is 0 Å². The third-order valence-electron chi connectivity index (χ3n) is 12.3. The van der Waals surface area contributed by atoms with E-state index in [4.69, 9.17) is 4.74 Å². The molecule has 6 rings (SSSR count). The van der Waals surface area contributed by atoms with Gasteiger partial charge in [0.1, 0.15) is 0 Å². The summed E-state index contributed by atoms with van der Waals surface area (Å²) in [6.45, 7) is 60.2. The molecule has 3 amide bonds. The highest BCUT2D eigenvalue weighted by atomic mass is 32.2. The summed E-state index contributed by atoms with van der Waals surface area (Å²) in [6, 6.07) is 0.870. The van der Waals surface area contributed by atoms with E-state index >= 15 is 0 Å². The van der Waals surface area contributed by atoms with Gasteiger partial charge in [-0.1, -0.05) is 141 Å². The van der Waals surface area contributed by atoms with E-state index < -0.39 is 0 Å².